The number of imidazole rings is 1. The predicted molar refractivity (Wildman–Crippen MR) is 52.9 cm³/mol. The predicted octanol–water partition coefficient (Wildman–Crippen LogP) is 2.06. The van der Waals surface area contributed by atoms with Gasteiger partial charge in [-0.2, -0.15) is 4.37 Å². The van der Waals surface area contributed by atoms with Gasteiger partial charge in [0.15, 0.2) is 5.16 Å². The quantitative estimate of drug-likeness (QED) is 0.659. The highest BCUT2D eigenvalue weighted by Gasteiger charge is 2.11. The van der Waals surface area contributed by atoms with E-state index in [0.29, 0.717) is 0 Å². The van der Waals surface area contributed by atoms with Gasteiger partial charge in [0.05, 0.1) is 5.69 Å². The Morgan fingerprint density at radius 3 is 2.83 bits per heavy atom. The number of fused-ring (bicyclic) bond motifs is 1. The van der Waals surface area contributed by atoms with E-state index in [1.165, 1.54) is 11.5 Å². The molecule has 0 amide bonds. The van der Waals surface area contributed by atoms with Gasteiger partial charge in [-0.1, -0.05) is 11.8 Å². The van der Waals surface area contributed by atoms with Crippen LogP contribution in [-0.2, 0) is 7.05 Å². The molecule has 0 radical (unpaired) electrons. The van der Waals surface area contributed by atoms with Gasteiger partial charge in [0.1, 0.15) is 10.3 Å². The minimum Gasteiger partial charge on any atom is -0.313 e. The Hall–Kier alpha value is -0.550. The van der Waals surface area contributed by atoms with Crippen molar-refractivity contribution in [1.82, 2.24) is 13.9 Å². The number of rotatable bonds is 1. The van der Waals surface area contributed by atoms with E-state index in [2.05, 4.69) is 13.9 Å². The summed E-state index contributed by atoms with van der Waals surface area (Å²) in [7, 11) is 2.03. The molecule has 0 aromatic carbocycles. The van der Waals surface area contributed by atoms with Crippen LogP contribution in [0.5, 0.6) is 0 Å². The smallest absolute Gasteiger partial charge is 0.169 e. The van der Waals surface area contributed by atoms with Crippen molar-refractivity contribution in [2.75, 3.05) is 6.26 Å². The van der Waals surface area contributed by atoms with E-state index in [9.17, 15) is 0 Å². The van der Waals surface area contributed by atoms with E-state index in [4.69, 9.17) is 0 Å². The molecule has 0 saturated heterocycles. The summed E-state index contributed by atoms with van der Waals surface area (Å²) in [5.41, 5.74) is 2.08. The summed E-state index contributed by atoms with van der Waals surface area (Å²) in [5.74, 6) is 0. The van der Waals surface area contributed by atoms with Crippen LogP contribution in [0.25, 0.3) is 10.3 Å². The first kappa shape index (κ1) is 8.07. The molecule has 0 atom stereocenters. The molecule has 3 nitrogen and oxygen atoms in total. The largest absolute Gasteiger partial charge is 0.313 e. The van der Waals surface area contributed by atoms with Crippen molar-refractivity contribution < 1.29 is 0 Å². The topological polar surface area (TPSA) is 30.7 Å². The van der Waals surface area contributed by atoms with Crippen molar-refractivity contribution >= 4 is 33.6 Å². The summed E-state index contributed by atoms with van der Waals surface area (Å²) in [5, 5.41) is 1.06. The highest BCUT2D eigenvalue weighted by Crippen LogP contribution is 2.25. The molecular weight excluding hydrogens is 190 g/mol. The highest BCUT2D eigenvalue weighted by atomic mass is 32.2. The van der Waals surface area contributed by atoms with E-state index in [1.54, 1.807) is 11.8 Å². The summed E-state index contributed by atoms with van der Waals surface area (Å²) in [6, 6.07) is 0. The maximum Gasteiger partial charge on any atom is 0.169 e. The number of hydrogen-bond donors (Lipinski definition) is 0. The molecule has 2 aromatic rings. The molecule has 12 heavy (non-hydrogen) atoms. The first-order chi connectivity index (χ1) is 5.74. The van der Waals surface area contributed by atoms with Crippen LogP contribution in [-0.4, -0.2) is 20.2 Å². The van der Waals surface area contributed by atoms with Crippen LogP contribution < -0.4 is 0 Å². The lowest BCUT2D eigenvalue weighted by Crippen LogP contribution is -1.87. The molecule has 0 bridgehead atoms. The van der Waals surface area contributed by atoms with E-state index < -0.39 is 0 Å². The van der Waals surface area contributed by atoms with Crippen LogP contribution in [0.2, 0.25) is 0 Å². The number of thioether (sulfide) groups is 1. The van der Waals surface area contributed by atoms with Gasteiger partial charge in [-0.25, -0.2) is 4.98 Å². The number of nitrogens with zero attached hydrogens (tertiary/aromatic N) is 3. The van der Waals surface area contributed by atoms with Crippen molar-refractivity contribution in [1.29, 1.82) is 0 Å². The Bertz CT molecular complexity index is 415. The molecule has 2 rings (SSSR count). The SMILES string of the molecule is CSc1nc2c(C)nsc2n1C. The molecule has 0 spiro atoms. The van der Waals surface area contributed by atoms with Crippen LogP contribution in [0.1, 0.15) is 5.69 Å². The van der Waals surface area contributed by atoms with Gasteiger partial charge >= 0.3 is 0 Å². The van der Waals surface area contributed by atoms with Gasteiger partial charge in [0.2, 0.25) is 0 Å². The second kappa shape index (κ2) is 2.74. The molecule has 64 valence electrons. The third kappa shape index (κ3) is 0.964. The monoisotopic (exact) mass is 199 g/mol. The third-order valence-electron chi connectivity index (χ3n) is 1.80. The fraction of sp³-hybridized carbons (Fsp3) is 0.429. The molecule has 0 N–H and O–H groups in total. The summed E-state index contributed by atoms with van der Waals surface area (Å²) >= 11 is 3.18. The van der Waals surface area contributed by atoms with Crippen LogP contribution in [0.3, 0.4) is 0 Å². The van der Waals surface area contributed by atoms with Crippen molar-refractivity contribution in [3.05, 3.63) is 5.69 Å². The maximum absolute atomic E-state index is 4.46. The Morgan fingerprint density at radius 1 is 1.50 bits per heavy atom. The average molecular weight is 199 g/mol. The number of aromatic nitrogens is 3. The van der Waals surface area contributed by atoms with Crippen molar-refractivity contribution in [2.24, 2.45) is 7.05 Å². The Kier molecular flexibility index (Phi) is 1.84. The van der Waals surface area contributed by atoms with E-state index in [0.717, 1.165) is 21.2 Å². The molecule has 5 heteroatoms. The van der Waals surface area contributed by atoms with Crippen LogP contribution in [0.15, 0.2) is 5.16 Å². The molecule has 0 unspecified atom stereocenters. The minimum absolute atomic E-state index is 1.03. The average Bonchev–Trinajstić information content (AvgIpc) is 2.55. The first-order valence-corrected chi connectivity index (χ1v) is 5.56. The zero-order valence-corrected chi connectivity index (χ0v) is 8.79. The number of aryl methyl sites for hydroxylation is 2. The maximum atomic E-state index is 4.46. The molecule has 0 aliphatic heterocycles. The molecular formula is C7H9N3S2. The summed E-state index contributed by atoms with van der Waals surface area (Å²) in [6.07, 6.45) is 2.04. The molecule has 0 aliphatic carbocycles. The summed E-state index contributed by atoms with van der Waals surface area (Å²) in [6.45, 7) is 2.00. The lowest BCUT2D eigenvalue weighted by molar-refractivity contribution is 0.820. The van der Waals surface area contributed by atoms with Gasteiger partial charge in [-0.05, 0) is 24.7 Å². The van der Waals surface area contributed by atoms with Crippen molar-refractivity contribution in [3.63, 3.8) is 0 Å². The minimum atomic E-state index is 1.03. The van der Waals surface area contributed by atoms with Crippen molar-refractivity contribution in [2.45, 2.75) is 12.1 Å². The van der Waals surface area contributed by atoms with Gasteiger partial charge in [-0.3, -0.25) is 0 Å². The van der Waals surface area contributed by atoms with E-state index in [-0.39, 0.29) is 0 Å². The second-order valence-corrected chi connectivity index (χ2v) is 4.10. The first-order valence-electron chi connectivity index (χ1n) is 3.56. The summed E-state index contributed by atoms with van der Waals surface area (Å²) in [4.78, 5) is 5.63. The Labute approximate surface area is 79.0 Å². The lowest BCUT2D eigenvalue weighted by Gasteiger charge is -1.93. The van der Waals surface area contributed by atoms with E-state index in [1.807, 2.05) is 20.2 Å². The second-order valence-electron chi connectivity index (χ2n) is 2.58. The molecule has 2 aromatic heterocycles. The van der Waals surface area contributed by atoms with Crippen LogP contribution >= 0.6 is 23.3 Å². The number of hydrogen-bond acceptors (Lipinski definition) is 4. The van der Waals surface area contributed by atoms with Gasteiger partial charge in [0, 0.05) is 7.05 Å². The normalized spacial score (nSPS) is 11.2. The third-order valence-corrected chi connectivity index (χ3v) is 3.53. The zero-order chi connectivity index (χ0) is 8.72. The summed E-state index contributed by atoms with van der Waals surface area (Å²) < 4.78 is 6.33. The highest BCUT2D eigenvalue weighted by molar-refractivity contribution is 7.98. The van der Waals surface area contributed by atoms with Crippen molar-refractivity contribution in [3.8, 4) is 0 Å². The Morgan fingerprint density at radius 2 is 2.25 bits per heavy atom. The van der Waals surface area contributed by atoms with Crippen LogP contribution in [0.4, 0.5) is 0 Å². The fourth-order valence-electron chi connectivity index (χ4n) is 1.14. The van der Waals surface area contributed by atoms with E-state index >= 15 is 0 Å². The van der Waals surface area contributed by atoms with Gasteiger partial charge < -0.3 is 4.57 Å². The molecule has 0 fully saturated rings. The van der Waals surface area contributed by atoms with Crippen LogP contribution in [0, 0.1) is 6.92 Å². The van der Waals surface area contributed by atoms with Gasteiger partial charge in [0.25, 0.3) is 0 Å². The zero-order valence-electron chi connectivity index (χ0n) is 7.16. The standard InChI is InChI=1S/C7H9N3S2/c1-4-5-6(12-9-4)10(2)7(8-5)11-3/h1-3H3. The molecule has 0 saturated carbocycles. The Balaban J connectivity index is 2.79. The fourth-order valence-corrected chi connectivity index (χ4v) is 2.55. The molecule has 2 heterocycles. The molecule has 0 aliphatic rings. The van der Waals surface area contributed by atoms with Gasteiger partial charge in [-0.15, -0.1) is 0 Å². The lowest BCUT2D eigenvalue weighted by atomic mass is 10.4.